The maximum Gasteiger partial charge on any atom is 0.223 e. The molecule has 25 heavy (non-hydrogen) atoms. The molecule has 1 heterocycles. The van der Waals surface area contributed by atoms with Gasteiger partial charge in [0, 0.05) is 38.3 Å². The van der Waals surface area contributed by atoms with Crippen LogP contribution in [0, 0.1) is 0 Å². The first-order valence-electron chi connectivity index (χ1n) is 8.60. The van der Waals surface area contributed by atoms with E-state index in [1.807, 2.05) is 41.3 Å². The summed E-state index contributed by atoms with van der Waals surface area (Å²) in [5.74, 6) is 1.30. The van der Waals surface area contributed by atoms with Gasteiger partial charge in [-0.2, -0.15) is 0 Å². The SMILES string of the molecule is COc1cccc(CCC(=O)N2CCN(c3ccc(O)cc3)CC2)c1. The highest BCUT2D eigenvalue weighted by Crippen LogP contribution is 2.20. The third-order valence-electron chi connectivity index (χ3n) is 4.61. The number of nitrogens with zero attached hydrogens (tertiary/aromatic N) is 2. The summed E-state index contributed by atoms with van der Waals surface area (Å²) >= 11 is 0. The van der Waals surface area contributed by atoms with E-state index in [0.717, 1.165) is 49.6 Å². The van der Waals surface area contributed by atoms with Crippen molar-refractivity contribution in [3.8, 4) is 11.5 Å². The number of methoxy groups -OCH3 is 1. The van der Waals surface area contributed by atoms with Crippen molar-refractivity contribution in [2.45, 2.75) is 12.8 Å². The zero-order valence-electron chi connectivity index (χ0n) is 14.5. The topological polar surface area (TPSA) is 53.0 Å². The third-order valence-corrected chi connectivity index (χ3v) is 4.61. The number of amides is 1. The number of rotatable bonds is 5. The van der Waals surface area contributed by atoms with Crippen LogP contribution in [0.2, 0.25) is 0 Å². The summed E-state index contributed by atoms with van der Waals surface area (Å²) in [5.41, 5.74) is 2.21. The largest absolute Gasteiger partial charge is 0.508 e. The van der Waals surface area contributed by atoms with Crippen LogP contribution in [-0.4, -0.2) is 49.2 Å². The van der Waals surface area contributed by atoms with Gasteiger partial charge in [0.2, 0.25) is 5.91 Å². The number of hydrogen-bond acceptors (Lipinski definition) is 4. The van der Waals surface area contributed by atoms with Gasteiger partial charge in [-0.3, -0.25) is 4.79 Å². The van der Waals surface area contributed by atoms with Gasteiger partial charge in [0.1, 0.15) is 11.5 Å². The zero-order valence-corrected chi connectivity index (χ0v) is 14.5. The number of phenolic OH excluding ortho intramolecular Hbond substituents is 1. The van der Waals surface area contributed by atoms with Crippen LogP contribution in [-0.2, 0) is 11.2 Å². The molecule has 0 saturated carbocycles. The molecule has 0 aliphatic carbocycles. The van der Waals surface area contributed by atoms with E-state index in [1.54, 1.807) is 19.2 Å². The molecule has 3 rings (SSSR count). The Morgan fingerprint density at radius 1 is 1.08 bits per heavy atom. The minimum atomic E-state index is 0.202. The summed E-state index contributed by atoms with van der Waals surface area (Å²) in [6, 6.07) is 15.1. The molecule has 1 saturated heterocycles. The Balaban J connectivity index is 1.48. The van der Waals surface area contributed by atoms with Crippen LogP contribution < -0.4 is 9.64 Å². The number of phenols is 1. The number of aryl methyl sites for hydroxylation is 1. The fraction of sp³-hybridized carbons (Fsp3) is 0.350. The van der Waals surface area contributed by atoms with Crippen molar-refractivity contribution in [2.24, 2.45) is 0 Å². The molecular weight excluding hydrogens is 316 g/mol. The van der Waals surface area contributed by atoms with Gasteiger partial charge in [-0.25, -0.2) is 0 Å². The first-order valence-corrected chi connectivity index (χ1v) is 8.60. The highest BCUT2D eigenvalue weighted by molar-refractivity contribution is 5.76. The van der Waals surface area contributed by atoms with Crippen LogP contribution in [0.15, 0.2) is 48.5 Å². The highest BCUT2D eigenvalue weighted by Gasteiger charge is 2.21. The lowest BCUT2D eigenvalue weighted by Crippen LogP contribution is -2.48. The predicted molar refractivity (Wildman–Crippen MR) is 98.2 cm³/mol. The van der Waals surface area contributed by atoms with Gasteiger partial charge in [-0.05, 0) is 48.4 Å². The van der Waals surface area contributed by atoms with Crippen molar-refractivity contribution in [3.63, 3.8) is 0 Å². The molecule has 5 nitrogen and oxygen atoms in total. The number of piperazine rings is 1. The van der Waals surface area contributed by atoms with Crippen LogP contribution in [0.1, 0.15) is 12.0 Å². The van der Waals surface area contributed by atoms with Crippen molar-refractivity contribution in [1.29, 1.82) is 0 Å². The molecule has 0 atom stereocenters. The number of benzene rings is 2. The fourth-order valence-corrected chi connectivity index (χ4v) is 3.11. The van der Waals surface area contributed by atoms with Gasteiger partial charge in [0.25, 0.3) is 0 Å². The fourth-order valence-electron chi connectivity index (χ4n) is 3.11. The van der Waals surface area contributed by atoms with Crippen molar-refractivity contribution in [3.05, 3.63) is 54.1 Å². The van der Waals surface area contributed by atoms with E-state index in [4.69, 9.17) is 4.74 Å². The van der Waals surface area contributed by atoms with Crippen LogP contribution in [0.4, 0.5) is 5.69 Å². The molecule has 0 unspecified atom stereocenters. The standard InChI is InChI=1S/C20H24N2O3/c1-25-19-4-2-3-16(15-19)5-10-20(24)22-13-11-21(12-14-22)17-6-8-18(23)9-7-17/h2-4,6-9,15,23H,5,10-14H2,1H3. The normalized spacial score (nSPS) is 14.4. The monoisotopic (exact) mass is 340 g/mol. The number of carbonyl (C=O) groups excluding carboxylic acids is 1. The minimum absolute atomic E-state index is 0.202. The quantitative estimate of drug-likeness (QED) is 0.909. The molecule has 2 aromatic rings. The Hall–Kier alpha value is -2.69. The Labute approximate surface area is 148 Å². The average Bonchev–Trinajstić information content (AvgIpc) is 2.67. The van der Waals surface area contributed by atoms with Crippen LogP contribution in [0.5, 0.6) is 11.5 Å². The molecular formula is C20H24N2O3. The summed E-state index contributed by atoms with van der Waals surface area (Å²) in [6.07, 6.45) is 1.25. The maximum absolute atomic E-state index is 12.5. The Bertz CT molecular complexity index is 707. The van der Waals surface area contributed by atoms with Crippen molar-refractivity contribution < 1.29 is 14.6 Å². The molecule has 0 spiro atoms. The molecule has 1 aliphatic rings. The Kier molecular flexibility index (Phi) is 5.43. The van der Waals surface area contributed by atoms with Gasteiger partial charge in [-0.1, -0.05) is 12.1 Å². The van der Waals surface area contributed by atoms with E-state index in [9.17, 15) is 9.90 Å². The van der Waals surface area contributed by atoms with E-state index in [2.05, 4.69) is 4.90 Å². The second kappa shape index (κ2) is 7.92. The average molecular weight is 340 g/mol. The van der Waals surface area contributed by atoms with E-state index < -0.39 is 0 Å². The first kappa shape index (κ1) is 17.1. The lowest BCUT2D eigenvalue weighted by Gasteiger charge is -2.36. The first-order chi connectivity index (χ1) is 12.2. The summed E-state index contributed by atoms with van der Waals surface area (Å²) in [6.45, 7) is 3.10. The lowest BCUT2D eigenvalue weighted by atomic mass is 10.1. The number of anilines is 1. The van der Waals surface area contributed by atoms with E-state index in [-0.39, 0.29) is 11.7 Å². The molecule has 1 fully saturated rings. The summed E-state index contributed by atoms with van der Waals surface area (Å²) in [4.78, 5) is 16.6. The molecule has 1 N–H and O–H groups in total. The zero-order chi connectivity index (χ0) is 17.6. The molecule has 0 aromatic heterocycles. The molecule has 5 heteroatoms. The van der Waals surface area contributed by atoms with Gasteiger partial charge in [0.05, 0.1) is 7.11 Å². The predicted octanol–water partition coefficient (Wildman–Crippen LogP) is 2.68. The van der Waals surface area contributed by atoms with Crippen molar-refractivity contribution in [2.75, 3.05) is 38.2 Å². The molecule has 0 bridgehead atoms. The Morgan fingerprint density at radius 3 is 2.48 bits per heavy atom. The number of carbonyl (C=O) groups is 1. The van der Waals surface area contributed by atoms with E-state index in [0.29, 0.717) is 6.42 Å². The van der Waals surface area contributed by atoms with E-state index in [1.165, 1.54) is 0 Å². The summed E-state index contributed by atoms with van der Waals surface area (Å²) < 4.78 is 5.22. The van der Waals surface area contributed by atoms with Crippen LogP contribution in [0.3, 0.4) is 0 Å². The second-order valence-electron chi connectivity index (χ2n) is 6.24. The smallest absolute Gasteiger partial charge is 0.223 e. The summed E-state index contributed by atoms with van der Waals surface area (Å²) in [7, 11) is 1.65. The number of hydrogen-bond donors (Lipinski definition) is 1. The van der Waals surface area contributed by atoms with Crippen molar-refractivity contribution in [1.82, 2.24) is 4.90 Å². The van der Waals surface area contributed by atoms with Crippen LogP contribution in [0.25, 0.3) is 0 Å². The molecule has 0 radical (unpaired) electrons. The van der Waals surface area contributed by atoms with Crippen LogP contribution >= 0.6 is 0 Å². The summed E-state index contributed by atoms with van der Waals surface area (Å²) in [5, 5.41) is 9.38. The van der Waals surface area contributed by atoms with Gasteiger partial charge in [0.15, 0.2) is 0 Å². The minimum Gasteiger partial charge on any atom is -0.508 e. The molecule has 1 aliphatic heterocycles. The molecule has 132 valence electrons. The molecule has 2 aromatic carbocycles. The van der Waals surface area contributed by atoms with E-state index >= 15 is 0 Å². The molecule has 1 amide bonds. The maximum atomic E-state index is 12.5. The highest BCUT2D eigenvalue weighted by atomic mass is 16.5. The number of ether oxygens (including phenoxy) is 1. The second-order valence-corrected chi connectivity index (χ2v) is 6.24. The van der Waals surface area contributed by atoms with Gasteiger partial charge < -0.3 is 19.6 Å². The number of aromatic hydroxyl groups is 1. The van der Waals surface area contributed by atoms with Gasteiger partial charge >= 0.3 is 0 Å². The third kappa shape index (κ3) is 4.44. The lowest BCUT2D eigenvalue weighted by molar-refractivity contribution is -0.131. The van der Waals surface area contributed by atoms with Crippen molar-refractivity contribution >= 4 is 11.6 Å². The Morgan fingerprint density at radius 2 is 1.80 bits per heavy atom. The van der Waals surface area contributed by atoms with Gasteiger partial charge in [-0.15, -0.1) is 0 Å².